The Morgan fingerprint density at radius 2 is 1.68 bits per heavy atom. The summed E-state index contributed by atoms with van der Waals surface area (Å²) >= 11 is 0. The van der Waals surface area contributed by atoms with Gasteiger partial charge in [-0.05, 0) is 6.08 Å². The molecule has 0 aliphatic carbocycles. The van der Waals surface area contributed by atoms with Crippen LogP contribution < -0.4 is 10.6 Å². The van der Waals surface area contributed by atoms with Crippen LogP contribution in [0.2, 0.25) is 0 Å². The summed E-state index contributed by atoms with van der Waals surface area (Å²) in [6.07, 6.45) is 8.47. The zero-order valence-electron chi connectivity index (χ0n) is 14.8. The molecule has 0 aromatic carbocycles. The van der Waals surface area contributed by atoms with Crippen molar-refractivity contribution in [2.75, 3.05) is 26.3 Å². The lowest BCUT2D eigenvalue weighted by molar-refractivity contribution is -0.140. The number of rotatable bonds is 10. The number of ether oxygens (including phenoxy) is 2. The molecule has 0 unspecified atom stereocenters. The van der Waals surface area contributed by atoms with Crippen molar-refractivity contribution in [3.05, 3.63) is 42.1 Å². The largest absolute Gasteiger partial charge is 0.461 e. The Hall–Kier alpha value is -3.76. The molecule has 148 valence electrons. The lowest BCUT2D eigenvalue weighted by Gasteiger charge is -2.05. The molecule has 0 saturated heterocycles. The van der Waals surface area contributed by atoms with Crippen LogP contribution >= 0.6 is 0 Å². The van der Waals surface area contributed by atoms with E-state index in [1.807, 2.05) is 0 Å². The van der Waals surface area contributed by atoms with Crippen LogP contribution in [-0.4, -0.2) is 66.2 Å². The number of nitrogens with one attached hydrogen (secondary N) is 3. The fourth-order valence-corrected chi connectivity index (χ4v) is 1.95. The predicted molar refractivity (Wildman–Crippen MR) is 96.2 cm³/mol. The van der Waals surface area contributed by atoms with Gasteiger partial charge in [-0.2, -0.15) is 0 Å². The van der Waals surface area contributed by atoms with E-state index >= 15 is 0 Å². The number of carbonyl (C=O) groups excluding carboxylic acids is 4. The highest BCUT2D eigenvalue weighted by atomic mass is 16.5. The number of amides is 2. The predicted octanol–water partition coefficient (Wildman–Crippen LogP) is -0.743. The first-order valence-corrected chi connectivity index (χ1v) is 8.35. The molecular weight excluding hydrogens is 370 g/mol. The summed E-state index contributed by atoms with van der Waals surface area (Å²) in [7, 11) is 0. The van der Waals surface area contributed by atoms with Gasteiger partial charge in [0.2, 0.25) is 0 Å². The highest BCUT2D eigenvalue weighted by Crippen LogP contribution is 2.04. The number of hydrogen-bond acceptors (Lipinski definition) is 8. The summed E-state index contributed by atoms with van der Waals surface area (Å²) in [5.74, 6) is -2.23. The van der Waals surface area contributed by atoms with Crippen molar-refractivity contribution in [2.45, 2.75) is 6.42 Å². The van der Waals surface area contributed by atoms with Gasteiger partial charge in [0.15, 0.2) is 0 Å². The van der Waals surface area contributed by atoms with E-state index in [9.17, 15) is 19.2 Å². The Bertz CT molecular complexity index is 797. The van der Waals surface area contributed by atoms with Crippen molar-refractivity contribution in [3.8, 4) is 0 Å². The number of aliphatic imine (C=N–C) groups is 1. The molecule has 2 rings (SSSR count). The Labute approximate surface area is 159 Å². The molecule has 1 aromatic heterocycles. The topological polar surface area (TPSA) is 152 Å². The zero-order chi connectivity index (χ0) is 20.2. The summed E-state index contributed by atoms with van der Waals surface area (Å²) in [5.41, 5.74) is 0.618. The van der Waals surface area contributed by atoms with Crippen LogP contribution in [0, 0.1) is 0 Å². The van der Waals surface area contributed by atoms with Gasteiger partial charge >= 0.3 is 11.9 Å². The average molecular weight is 389 g/mol. The summed E-state index contributed by atoms with van der Waals surface area (Å²) < 4.78 is 9.65. The molecule has 1 aromatic rings. The minimum atomic E-state index is -0.757. The van der Waals surface area contributed by atoms with Gasteiger partial charge in [0.1, 0.15) is 24.6 Å². The molecule has 0 spiro atoms. The number of imidazole rings is 1. The molecule has 2 heterocycles. The number of aromatic nitrogens is 2. The molecule has 11 heteroatoms. The van der Waals surface area contributed by atoms with Gasteiger partial charge in [-0.25, -0.2) is 14.6 Å². The Morgan fingerprint density at radius 1 is 1.04 bits per heavy atom. The van der Waals surface area contributed by atoms with Crippen molar-refractivity contribution in [1.29, 1.82) is 0 Å². The third-order valence-corrected chi connectivity index (χ3v) is 3.24. The second-order valence-electron chi connectivity index (χ2n) is 5.28. The standard InChI is InChI=1S/C17H19N5O6/c23-14(27-8-6-20-16(25)12-2-1-5-19-12)3-4-15(24)28-9-7-21-17(26)13-10-18-11-22-13/h2-5,10-11H,1,6-9H2,(H,18,22)(H,20,25)(H,21,26)/b4-3+. The molecule has 0 radical (unpaired) electrons. The van der Waals surface area contributed by atoms with E-state index in [4.69, 9.17) is 9.47 Å². The monoisotopic (exact) mass is 389 g/mol. The van der Waals surface area contributed by atoms with Gasteiger partial charge in [0.05, 0.1) is 25.6 Å². The van der Waals surface area contributed by atoms with Crippen molar-refractivity contribution in [3.63, 3.8) is 0 Å². The summed E-state index contributed by atoms with van der Waals surface area (Å²) in [6, 6.07) is 0. The SMILES string of the molecule is O=C(/C=C/C(=O)OCCNC(=O)c1cnc[nH]1)OCCNC(=O)C1=CCC=N1. The first-order valence-electron chi connectivity index (χ1n) is 8.35. The van der Waals surface area contributed by atoms with Gasteiger partial charge in [-0.15, -0.1) is 0 Å². The van der Waals surface area contributed by atoms with E-state index in [0.717, 1.165) is 12.2 Å². The van der Waals surface area contributed by atoms with Crippen LogP contribution in [0.15, 0.2) is 41.4 Å². The molecule has 0 saturated carbocycles. The number of hydrogen-bond donors (Lipinski definition) is 3. The fourth-order valence-electron chi connectivity index (χ4n) is 1.95. The smallest absolute Gasteiger partial charge is 0.331 e. The molecule has 28 heavy (non-hydrogen) atoms. The van der Waals surface area contributed by atoms with Crippen LogP contribution in [0.1, 0.15) is 16.9 Å². The van der Waals surface area contributed by atoms with Gasteiger partial charge in [-0.1, -0.05) is 0 Å². The normalized spacial score (nSPS) is 12.5. The maximum Gasteiger partial charge on any atom is 0.331 e. The quantitative estimate of drug-likeness (QED) is 0.271. The summed E-state index contributed by atoms with van der Waals surface area (Å²) in [6.45, 7) is 0.0941. The van der Waals surface area contributed by atoms with E-state index in [1.54, 1.807) is 12.3 Å². The van der Waals surface area contributed by atoms with Gasteiger partial charge < -0.3 is 25.1 Å². The van der Waals surface area contributed by atoms with Crippen LogP contribution in [-0.2, 0) is 23.9 Å². The van der Waals surface area contributed by atoms with Crippen molar-refractivity contribution in [2.24, 2.45) is 4.99 Å². The Balaban J connectivity index is 1.52. The first-order chi connectivity index (χ1) is 13.6. The van der Waals surface area contributed by atoms with Gasteiger partial charge in [0, 0.05) is 24.8 Å². The van der Waals surface area contributed by atoms with Crippen LogP contribution in [0.3, 0.4) is 0 Å². The maximum atomic E-state index is 11.6. The number of allylic oxidation sites excluding steroid dienone is 1. The highest BCUT2D eigenvalue weighted by molar-refractivity contribution is 5.96. The van der Waals surface area contributed by atoms with Crippen molar-refractivity contribution >= 4 is 30.0 Å². The number of aromatic amines is 1. The minimum absolute atomic E-state index is 0.0550. The number of H-pyrrole nitrogens is 1. The molecule has 0 bridgehead atoms. The van der Waals surface area contributed by atoms with E-state index < -0.39 is 11.9 Å². The van der Waals surface area contributed by atoms with Crippen LogP contribution in [0.5, 0.6) is 0 Å². The van der Waals surface area contributed by atoms with Crippen molar-refractivity contribution < 1.29 is 28.7 Å². The number of nitrogens with zero attached hydrogens (tertiary/aromatic N) is 2. The molecule has 11 nitrogen and oxygen atoms in total. The third-order valence-electron chi connectivity index (χ3n) is 3.24. The number of carbonyl (C=O) groups is 4. The summed E-state index contributed by atoms with van der Waals surface area (Å²) in [5, 5.41) is 5.06. The molecule has 2 amide bonds. The van der Waals surface area contributed by atoms with Crippen molar-refractivity contribution in [1.82, 2.24) is 20.6 Å². The second kappa shape index (κ2) is 11.1. The minimum Gasteiger partial charge on any atom is -0.461 e. The molecule has 0 fully saturated rings. The highest BCUT2D eigenvalue weighted by Gasteiger charge is 2.10. The van der Waals surface area contributed by atoms with E-state index in [-0.39, 0.29) is 43.8 Å². The second-order valence-corrected chi connectivity index (χ2v) is 5.28. The lowest BCUT2D eigenvalue weighted by Crippen LogP contribution is -2.28. The van der Waals surface area contributed by atoms with E-state index in [1.165, 1.54) is 12.5 Å². The first kappa shape index (κ1) is 20.6. The van der Waals surface area contributed by atoms with Crippen LogP contribution in [0.25, 0.3) is 0 Å². The maximum absolute atomic E-state index is 11.6. The average Bonchev–Trinajstić information content (AvgIpc) is 3.40. The van der Waals surface area contributed by atoms with E-state index in [2.05, 4.69) is 25.6 Å². The van der Waals surface area contributed by atoms with Gasteiger partial charge in [-0.3, -0.25) is 14.6 Å². The number of esters is 2. The van der Waals surface area contributed by atoms with Crippen LogP contribution in [0.4, 0.5) is 0 Å². The molecule has 1 aliphatic heterocycles. The summed E-state index contributed by atoms with van der Waals surface area (Å²) in [4.78, 5) is 56.3. The Morgan fingerprint density at radius 3 is 2.21 bits per heavy atom. The molecule has 1 aliphatic rings. The fraction of sp³-hybridized carbons (Fsp3) is 0.294. The van der Waals surface area contributed by atoms with E-state index in [0.29, 0.717) is 12.1 Å². The molecule has 0 atom stereocenters. The third kappa shape index (κ3) is 7.23. The van der Waals surface area contributed by atoms with Gasteiger partial charge in [0.25, 0.3) is 11.8 Å². The molecular formula is C17H19N5O6. The lowest BCUT2D eigenvalue weighted by atomic mass is 10.4. The molecule has 3 N–H and O–H groups in total. The zero-order valence-corrected chi connectivity index (χ0v) is 14.8. The Kier molecular flexibility index (Phi) is 8.12.